The number of carboxylic acid groups (broad SMARTS) is 1. The number of nitrogens with zero attached hydrogens (tertiary/aromatic N) is 2. The van der Waals surface area contributed by atoms with E-state index >= 15 is 0 Å². The molecule has 3 N–H and O–H groups in total. The molecule has 0 aliphatic heterocycles. The lowest BCUT2D eigenvalue weighted by Gasteiger charge is -2.21. The molecule has 2 aromatic carbocycles. The Morgan fingerprint density at radius 3 is 2.39 bits per heavy atom. The number of hydrogen-bond acceptors (Lipinski definition) is 6. The average Bonchev–Trinajstić information content (AvgIpc) is 3.37. The SMILES string of the molecule is O=C(C[C@H](Cc1ccc(-c2ccccc2)cc1)C[C@@H](COCCCO)C(=O)O)c1cn[nH]n1. The van der Waals surface area contributed by atoms with Crippen molar-refractivity contribution in [2.75, 3.05) is 19.8 Å². The number of rotatable bonds is 14. The molecule has 174 valence electrons. The number of aliphatic hydroxyl groups excluding tert-OH is 1. The Labute approximate surface area is 192 Å². The van der Waals surface area contributed by atoms with Gasteiger partial charge in [0, 0.05) is 19.6 Å². The Kier molecular flexibility index (Phi) is 9.29. The van der Waals surface area contributed by atoms with Gasteiger partial charge in [-0.2, -0.15) is 15.4 Å². The summed E-state index contributed by atoms with van der Waals surface area (Å²) in [6.45, 7) is 0.326. The van der Waals surface area contributed by atoms with Crippen LogP contribution in [0.1, 0.15) is 35.3 Å². The van der Waals surface area contributed by atoms with Gasteiger partial charge in [-0.1, -0.05) is 54.6 Å². The van der Waals surface area contributed by atoms with E-state index in [0.29, 0.717) is 25.9 Å². The lowest BCUT2D eigenvalue weighted by Crippen LogP contribution is -2.25. The summed E-state index contributed by atoms with van der Waals surface area (Å²) in [5, 5.41) is 28.6. The van der Waals surface area contributed by atoms with Crippen LogP contribution in [-0.4, -0.2) is 57.2 Å². The van der Waals surface area contributed by atoms with Crippen LogP contribution in [0.15, 0.2) is 60.8 Å². The average molecular weight is 452 g/mol. The highest BCUT2D eigenvalue weighted by molar-refractivity contribution is 5.94. The normalized spacial score (nSPS) is 12.9. The number of carbonyl (C=O) groups is 2. The lowest BCUT2D eigenvalue weighted by molar-refractivity contribution is -0.144. The summed E-state index contributed by atoms with van der Waals surface area (Å²) in [4.78, 5) is 24.5. The molecule has 0 spiro atoms. The quantitative estimate of drug-likeness (QED) is 0.253. The fraction of sp³-hybridized carbons (Fsp3) is 0.360. The predicted octanol–water partition coefficient (Wildman–Crippen LogP) is 3.39. The summed E-state index contributed by atoms with van der Waals surface area (Å²) >= 11 is 0. The minimum Gasteiger partial charge on any atom is -0.481 e. The molecule has 3 aromatic rings. The van der Waals surface area contributed by atoms with Gasteiger partial charge in [0.1, 0.15) is 5.69 Å². The van der Waals surface area contributed by atoms with Crippen molar-refractivity contribution >= 4 is 11.8 Å². The largest absolute Gasteiger partial charge is 0.481 e. The fourth-order valence-electron chi connectivity index (χ4n) is 3.77. The van der Waals surface area contributed by atoms with Crippen molar-refractivity contribution in [2.45, 2.75) is 25.7 Å². The Morgan fingerprint density at radius 2 is 1.76 bits per heavy atom. The van der Waals surface area contributed by atoms with Gasteiger partial charge in [0.25, 0.3) is 0 Å². The fourth-order valence-corrected chi connectivity index (χ4v) is 3.77. The molecule has 0 bridgehead atoms. The smallest absolute Gasteiger partial charge is 0.308 e. The first-order valence-electron chi connectivity index (χ1n) is 11.0. The highest BCUT2D eigenvalue weighted by Crippen LogP contribution is 2.25. The Hall–Kier alpha value is -3.36. The summed E-state index contributed by atoms with van der Waals surface area (Å²) in [7, 11) is 0. The second-order valence-corrected chi connectivity index (χ2v) is 8.04. The highest BCUT2D eigenvalue weighted by Gasteiger charge is 2.26. The number of carbonyl (C=O) groups excluding carboxylic acids is 1. The third-order valence-corrected chi connectivity index (χ3v) is 5.49. The Balaban J connectivity index is 1.71. The molecule has 1 aromatic heterocycles. The van der Waals surface area contributed by atoms with Gasteiger partial charge in [0.05, 0.1) is 18.7 Å². The standard InChI is InChI=1S/C25H29N3O5/c29-11-4-12-33-17-22(25(31)32)14-19(15-24(30)23-16-26-28-27-23)13-18-7-9-21(10-8-18)20-5-2-1-3-6-20/h1-3,5-10,16,19,22,29H,4,11-15,17H2,(H,31,32)(H,26,27,28)/t19-,22+/m1/s1. The molecule has 0 unspecified atom stereocenters. The van der Waals surface area contributed by atoms with Gasteiger partial charge in [-0.15, -0.1) is 0 Å². The van der Waals surface area contributed by atoms with Crippen molar-refractivity contribution in [3.63, 3.8) is 0 Å². The number of ketones is 1. The molecule has 0 saturated heterocycles. The minimum absolute atomic E-state index is 0.00839. The number of aromatic nitrogens is 3. The van der Waals surface area contributed by atoms with Crippen molar-refractivity contribution in [1.29, 1.82) is 0 Å². The minimum atomic E-state index is -0.961. The third kappa shape index (κ3) is 7.62. The zero-order chi connectivity index (χ0) is 23.5. The molecule has 0 fully saturated rings. The number of H-pyrrole nitrogens is 1. The van der Waals surface area contributed by atoms with Gasteiger partial charge in [-0.05, 0) is 41.9 Å². The molecule has 1 heterocycles. The van der Waals surface area contributed by atoms with Crippen LogP contribution in [0.3, 0.4) is 0 Å². The van der Waals surface area contributed by atoms with Crippen molar-refractivity contribution in [3.05, 3.63) is 72.1 Å². The van der Waals surface area contributed by atoms with Gasteiger partial charge in [-0.25, -0.2) is 0 Å². The van der Waals surface area contributed by atoms with Crippen LogP contribution in [0, 0.1) is 11.8 Å². The van der Waals surface area contributed by atoms with Crippen molar-refractivity contribution in [1.82, 2.24) is 15.4 Å². The van der Waals surface area contributed by atoms with E-state index in [9.17, 15) is 14.7 Å². The van der Waals surface area contributed by atoms with Gasteiger partial charge < -0.3 is 14.9 Å². The first-order valence-corrected chi connectivity index (χ1v) is 11.0. The summed E-state index contributed by atoms with van der Waals surface area (Å²) in [6, 6.07) is 18.1. The van der Waals surface area contributed by atoms with E-state index in [-0.39, 0.29) is 37.0 Å². The predicted molar refractivity (Wildman–Crippen MR) is 123 cm³/mol. The van der Waals surface area contributed by atoms with Crippen LogP contribution in [-0.2, 0) is 16.0 Å². The molecule has 0 saturated carbocycles. The zero-order valence-electron chi connectivity index (χ0n) is 18.4. The molecule has 0 aliphatic rings. The van der Waals surface area contributed by atoms with Gasteiger partial charge in [0.15, 0.2) is 5.78 Å². The van der Waals surface area contributed by atoms with Gasteiger partial charge >= 0.3 is 5.97 Å². The molecule has 0 amide bonds. The molecule has 8 nitrogen and oxygen atoms in total. The number of benzene rings is 2. The van der Waals surface area contributed by atoms with Crippen LogP contribution in [0.2, 0.25) is 0 Å². The van der Waals surface area contributed by atoms with E-state index in [1.54, 1.807) is 0 Å². The highest BCUT2D eigenvalue weighted by atomic mass is 16.5. The second kappa shape index (κ2) is 12.6. The van der Waals surface area contributed by atoms with E-state index in [4.69, 9.17) is 9.84 Å². The van der Waals surface area contributed by atoms with E-state index in [0.717, 1.165) is 16.7 Å². The number of Topliss-reactive ketones (excluding diaryl/α,β-unsaturated/α-hetero) is 1. The molecule has 33 heavy (non-hydrogen) atoms. The van der Waals surface area contributed by atoms with Crippen molar-refractivity contribution in [2.24, 2.45) is 11.8 Å². The van der Waals surface area contributed by atoms with Gasteiger partial charge in [-0.3, -0.25) is 9.59 Å². The molecular formula is C25H29N3O5. The summed E-state index contributed by atoms with van der Waals surface area (Å²) in [6.07, 6.45) is 2.83. The maximum absolute atomic E-state index is 12.7. The van der Waals surface area contributed by atoms with E-state index in [1.807, 2.05) is 54.6 Å². The maximum Gasteiger partial charge on any atom is 0.308 e. The number of nitrogens with one attached hydrogen (secondary N) is 1. The van der Waals surface area contributed by atoms with E-state index < -0.39 is 11.9 Å². The molecule has 0 aliphatic carbocycles. The van der Waals surface area contributed by atoms with Crippen LogP contribution >= 0.6 is 0 Å². The molecule has 0 radical (unpaired) electrons. The van der Waals surface area contributed by atoms with Crippen molar-refractivity contribution < 1.29 is 24.5 Å². The van der Waals surface area contributed by atoms with Crippen LogP contribution < -0.4 is 0 Å². The summed E-state index contributed by atoms with van der Waals surface area (Å²) in [5.41, 5.74) is 3.48. The molecule has 8 heteroatoms. The first-order chi connectivity index (χ1) is 16.1. The third-order valence-electron chi connectivity index (χ3n) is 5.49. The first kappa shape index (κ1) is 24.3. The molecule has 2 atom stereocenters. The van der Waals surface area contributed by atoms with E-state index in [1.165, 1.54) is 6.20 Å². The topological polar surface area (TPSA) is 125 Å². The van der Waals surface area contributed by atoms with Crippen LogP contribution in [0.25, 0.3) is 11.1 Å². The number of hydrogen-bond donors (Lipinski definition) is 3. The molecular weight excluding hydrogens is 422 g/mol. The van der Waals surface area contributed by atoms with Gasteiger partial charge in [0.2, 0.25) is 0 Å². The number of aliphatic hydroxyl groups is 1. The zero-order valence-corrected chi connectivity index (χ0v) is 18.4. The number of aromatic amines is 1. The van der Waals surface area contributed by atoms with Crippen molar-refractivity contribution in [3.8, 4) is 11.1 Å². The maximum atomic E-state index is 12.7. The summed E-state index contributed by atoms with van der Waals surface area (Å²) < 4.78 is 5.44. The molecule has 3 rings (SSSR count). The monoisotopic (exact) mass is 451 g/mol. The number of carboxylic acids is 1. The number of ether oxygens (including phenoxy) is 1. The second-order valence-electron chi connectivity index (χ2n) is 8.04. The number of aliphatic carboxylic acids is 1. The Morgan fingerprint density at radius 1 is 1.03 bits per heavy atom. The Bertz CT molecular complexity index is 991. The van der Waals surface area contributed by atoms with Crippen LogP contribution in [0.4, 0.5) is 0 Å². The van der Waals surface area contributed by atoms with E-state index in [2.05, 4.69) is 15.4 Å². The lowest BCUT2D eigenvalue weighted by atomic mass is 9.85. The van der Waals surface area contributed by atoms with Crippen LogP contribution in [0.5, 0.6) is 0 Å². The summed E-state index contributed by atoms with van der Waals surface area (Å²) in [5.74, 6) is -2.10.